The Balaban J connectivity index is 3.00. The molecule has 84 valence electrons. The molecule has 0 saturated heterocycles. The smallest absolute Gasteiger partial charge is 0.267 e. The number of aromatic amines is 1. The molecule has 0 aliphatic rings. The predicted octanol–water partition coefficient (Wildman–Crippen LogP) is 1.07. The van der Waals surface area contributed by atoms with Crippen molar-refractivity contribution in [1.29, 1.82) is 0 Å². The number of aromatic nitrogens is 2. The number of nitrogens with two attached hydrogens (primary N) is 1. The van der Waals surface area contributed by atoms with Crippen molar-refractivity contribution in [3.8, 4) is 0 Å². The van der Waals surface area contributed by atoms with E-state index < -0.39 is 0 Å². The lowest BCUT2D eigenvalue weighted by Crippen LogP contribution is -2.47. The van der Waals surface area contributed by atoms with E-state index in [1.807, 2.05) is 20.8 Å². The molecule has 0 amide bonds. The SMILES string of the molecule is CC(N)C(C)(C)Nc1nc[nH]c(=O)c1Br. The lowest BCUT2D eigenvalue weighted by atomic mass is 9.97. The number of halogens is 1. The zero-order valence-electron chi connectivity index (χ0n) is 8.97. The number of hydrogen-bond acceptors (Lipinski definition) is 4. The van der Waals surface area contributed by atoms with Gasteiger partial charge in [0.15, 0.2) is 0 Å². The third-order valence-corrected chi connectivity index (χ3v) is 3.11. The maximum Gasteiger partial charge on any atom is 0.267 e. The minimum atomic E-state index is -0.330. The van der Waals surface area contributed by atoms with Gasteiger partial charge in [0.2, 0.25) is 0 Å². The summed E-state index contributed by atoms with van der Waals surface area (Å²) in [6.45, 7) is 5.80. The van der Waals surface area contributed by atoms with Crippen molar-refractivity contribution in [3.05, 3.63) is 21.2 Å². The summed E-state index contributed by atoms with van der Waals surface area (Å²) in [5.74, 6) is 0.501. The first kappa shape index (κ1) is 12.2. The monoisotopic (exact) mass is 274 g/mol. The van der Waals surface area contributed by atoms with Gasteiger partial charge in [-0.1, -0.05) is 0 Å². The van der Waals surface area contributed by atoms with Crippen LogP contribution in [0.4, 0.5) is 5.82 Å². The van der Waals surface area contributed by atoms with E-state index in [9.17, 15) is 4.79 Å². The molecule has 1 heterocycles. The summed E-state index contributed by atoms with van der Waals surface area (Å²) in [4.78, 5) is 17.8. The molecule has 0 spiro atoms. The van der Waals surface area contributed by atoms with Crippen molar-refractivity contribution in [3.63, 3.8) is 0 Å². The molecule has 1 aromatic heterocycles. The van der Waals surface area contributed by atoms with Gasteiger partial charge in [-0.2, -0.15) is 0 Å². The lowest BCUT2D eigenvalue weighted by Gasteiger charge is -2.31. The molecule has 0 saturated carbocycles. The second-order valence-corrected chi connectivity index (χ2v) is 4.82. The number of nitrogens with one attached hydrogen (secondary N) is 2. The van der Waals surface area contributed by atoms with Crippen molar-refractivity contribution >= 4 is 21.7 Å². The fraction of sp³-hybridized carbons (Fsp3) is 0.556. The van der Waals surface area contributed by atoms with Crippen LogP contribution in [0.15, 0.2) is 15.6 Å². The normalized spacial score (nSPS) is 13.7. The standard InChI is InChI=1S/C9H15BrN4O/c1-5(11)9(2,3)14-7-6(10)8(15)13-4-12-7/h4-5H,11H2,1-3H3,(H2,12,13,14,15). The van der Waals surface area contributed by atoms with Crippen molar-refractivity contribution in [2.24, 2.45) is 5.73 Å². The van der Waals surface area contributed by atoms with Gasteiger partial charge >= 0.3 is 0 Å². The molecular weight excluding hydrogens is 260 g/mol. The Morgan fingerprint density at radius 1 is 1.67 bits per heavy atom. The lowest BCUT2D eigenvalue weighted by molar-refractivity contribution is 0.468. The van der Waals surface area contributed by atoms with Crippen molar-refractivity contribution < 1.29 is 0 Å². The summed E-state index contributed by atoms with van der Waals surface area (Å²) in [6, 6.07) is -0.0644. The average Bonchev–Trinajstić information content (AvgIpc) is 2.12. The Bertz CT molecular complexity index is 399. The molecule has 0 bridgehead atoms. The Kier molecular flexibility index (Phi) is 3.51. The highest BCUT2D eigenvalue weighted by atomic mass is 79.9. The molecule has 4 N–H and O–H groups in total. The number of rotatable bonds is 3. The quantitative estimate of drug-likeness (QED) is 0.770. The number of anilines is 1. The largest absolute Gasteiger partial charge is 0.362 e. The third kappa shape index (κ3) is 2.79. The minimum Gasteiger partial charge on any atom is -0.362 e. The minimum absolute atomic E-state index is 0.0644. The molecule has 0 aromatic carbocycles. The summed E-state index contributed by atoms with van der Waals surface area (Å²) in [5.41, 5.74) is 5.27. The predicted molar refractivity (Wildman–Crippen MR) is 63.9 cm³/mol. The maximum atomic E-state index is 11.3. The van der Waals surface area contributed by atoms with Crippen LogP contribution in [0.2, 0.25) is 0 Å². The number of nitrogens with zero attached hydrogens (tertiary/aromatic N) is 1. The maximum absolute atomic E-state index is 11.3. The van der Waals surface area contributed by atoms with Crippen molar-refractivity contribution in [2.75, 3.05) is 5.32 Å². The van der Waals surface area contributed by atoms with Crippen LogP contribution in [0, 0.1) is 0 Å². The van der Waals surface area contributed by atoms with Gasteiger partial charge in [-0.15, -0.1) is 0 Å². The fourth-order valence-corrected chi connectivity index (χ4v) is 1.21. The van der Waals surface area contributed by atoms with E-state index in [0.29, 0.717) is 10.3 Å². The van der Waals surface area contributed by atoms with Gasteiger partial charge in [0.1, 0.15) is 10.3 Å². The van der Waals surface area contributed by atoms with Gasteiger partial charge < -0.3 is 16.0 Å². The van der Waals surface area contributed by atoms with E-state index in [1.165, 1.54) is 6.33 Å². The van der Waals surface area contributed by atoms with Gasteiger partial charge in [0.25, 0.3) is 5.56 Å². The van der Waals surface area contributed by atoms with E-state index in [1.54, 1.807) is 0 Å². The van der Waals surface area contributed by atoms with Crippen molar-refractivity contribution in [1.82, 2.24) is 9.97 Å². The Morgan fingerprint density at radius 2 is 2.27 bits per heavy atom. The molecular formula is C9H15BrN4O. The Labute approximate surface area is 96.6 Å². The average molecular weight is 275 g/mol. The topological polar surface area (TPSA) is 83.8 Å². The first-order valence-corrected chi connectivity index (χ1v) is 5.41. The summed E-state index contributed by atoms with van der Waals surface area (Å²) < 4.78 is 0.388. The van der Waals surface area contributed by atoms with Crippen LogP contribution in [0.25, 0.3) is 0 Å². The van der Waals surface area contributed by atoms with E-state index in [-0.39, 0.29) is 17.1 Å². The van der Waals surface area contributed by atoms with E-state index in [2.05, 4.69) is 31.2 Å². The molecule has 15 heavy (non-hydrogen) atoms. The highest BCUT2D eigenvalue weighted by Crippen LogP contribution is 2.20. The van der Waals surface area contributed by atoms with Crippen LogP contribution >= 0.6 is 15.9 Å². The van der Waals surface area contributed by atoms with E-state index in [4.69, 9.17) is 5.73 Å². The second kappa shape index (κ2) is 4.32. The van der Waals surface area contributed by atoms with Gasteiger partial charge in [0, 0.05) is 11.6 Å². The highest BCUT2D eigenvalue weighted by Gasteiger charge is 2.24. The summed E-state index contributed by atoms with van der Waals surface area (Å²) >= 11 is 3.17. The fourth-order valence-electron chi connectivity index (χ4n) is 0.889. The van der Waals surface area contributed by atoms with Crippen LogP contribution in [-0.4, -0.2) is 21.5 Å². The Hall–Kier alpha value is -0.880. The zero-order valence-corrected chi connectivity index (χ0v) is 10.6. The molecule has 0 radical (unpaired) electrons. The molecule has 1 unspecified atom stereocenters. The molecule has 1 aromatic rings. The summed E-state index contributed by atoms with van der Waals surface area (Å²) in [5, 5.41) is 3.12. The van der Waals surface area contributed by atoms with Gasteiger partial charge in [-0.25, -0.2) is 4.98 Å². The van der Waals surface area contributed by atoms with Crippen LogP contribution < -0.4 is 16.6 Å². The van der Waals surface area contributed by atoms with E-state index >= 15 is 0 Å². The third-order valence-electron chi connectivity index (χ3n) is 2.38. The van der Waals surface area contributed by atoms with Gasteiger partial charge in [0.05, 0.1) is 6.33 Å². The van der Waals surface area contributed by atoms with E-state index in [0.717, 1.165) is 0 Å². The van der Waals surface area contributed by atoms with Crippen LogP contribution in [-0.2, 0) is 0 Å². The number of hydrogen-bond donors (Lipinski definition) is 3. The molecule has 0 aliphatic carbocycles. The first-order chi connectivity index (χ1) is 6.84. The van der Waals surface area contributed by atoms with Crippen LogP contribution in [0.1, 0.15) is 20.8 Å². The second-order valence-electron chi connectivity index (χ2n) is 4.03. The summed E-state index contributed by atoms with van der Waals surface area (Å²) in [6.07, 6.45) is 1.35. The summed E-state index contributed by atoms with van der Waals surface area (Å²) in [7, 11) is 0. The van der Waals surface area contributed by atoms with Crippen LogP contribution in [0.5, 0.6) is 0 Å². The molecule has 6 heteroatoms. The molecule has 1 rings (SSSR count). The van der Waals surface area contributed by atoms with Gasteiger partial charge in [-0.3, -0.25) is 4.79 Å². The number of H-pyrrole nitrogens is 1. The first-order valence-electron chi connectivity index (χ1n) is 4.61. The highest BCUT2D eigenvalue weighted by molar-refractivity contribution is 9.10. The van der Waals surface area contributed by atoms with Crippen LogP contribution in [0.3, 0.4) is 0 Å². The molecule has 0 aliphatic heterocycles. The molecule has 5 nitrogen and oxygen atoms in total. The van der Waals surface area contributed by atoms with Gasteiger partial charge in [-0.05, 0) is 36.7 Å². The van der Waals surface area contributed by atoms with Crippen molar-refractivity contribution in [2.45, 2.75) is 32.4 Å². The molecule has 1 atom stereocenters. The Morgan fingerprint density at radius 3 is 2.80 bits per heavy atom. The molecule has 0 fully saturated rings. The zero-order chi connectivity index (χ0) is 11.6.